The smallest absolute Gasteiger partial charge is 0.258 e. The zero-order valence-corrected chi connectivity index (χ0v) is 10.0. The van der Waals surface area contributed by atoms with Gasteiger partial charge in [-0.25, -0.2) is 13.1 Å². The fourth-order valence-electron chi connectivity index (χ4n) is 1.29. The molecule has 98 valence electrons. The van der Waals surface area contributed by atoms with E-state index in [0.717, 1.165) is 12.3 Å². The van der Waals surface area contributed by atoms with E-state index in [1.54, 1.807) is 0 Å². The Morgan fingerprint density at radius 3 is 2.28 bits per heavy atom. The van der Waals surface area contributed by atoms with Crippen molar-refractivity contribution < 1.29 is 18.3 Å². The lowest BCUT2D eigenvalue weighted by Gasteiger charge is -2.03. The van der Waals surface area contributed by atoms with Crippen LogP contribution in [-0.4, -0.2) is 24.5 Å². The molecule has 0 radical (unpaired) electrons. The molecule has 0 aliphatic heterocycles. The van der Waals surface area contributed by atoms with Crippen LogP contribution in [0.1, 0.15) is 5.56 Å². The van der Waals surface area contributed by atoms with Gasteiger partial charge in [0.2, 0.25) is 10.0 Å². The maximum Gasteiger partial charge on any atom is 0.350 e. The highest BCUT2D eigenvalue weighted by atomic mass is 32.2. The molecule has 0 spiro atoms. The van der Waals surface area contributed by atoms with E-state index in [0.29, 0.717) is 0 Å². The maximum absolute atomic E-state index is 10.9. The van der Waals surface area contributed by atoms with Gasteiger partial charge in [-0.2, -0.15) is 0 Å². The molecule has 1 rings (SSSR count). The van der Waals surface area contributed by atoms with Gasteiger partial charge in [0.25, 0.3) is 0 Å². The molecule has 0 aromatic heterocycles. The summed E-state index contributed by atoms with van der Waals surface area (Å²) >= 11 is 0. The van der Waals surface area contributed by atoms with Gasteiger partial charge >= 0.3 is 11.4 Å². The zero-order chi connectivity index (χ0) is 13.9. The number of hydrogen-bond acceptors (Lipinski definition) is 6. The molecule has 1 aromatic carbocycles. The van der Waals surface area contributed by atoms with Gasteiger partial charge in [-0.3, -0.25) is 20.2 Å². The summed E-state index contributed by atoms with van der Waals surface area (Å²) in [5.41, 5.74) is -1.45. The van der Waals surface area contributed by atoms with Crippen LogP contribution in [0.4, 0.5) is 11.4 Å². The van der Waals surface area contributed by atoms with Crippen LogP contribution < -0.4 is 4.72 Å². The van der Waals surface area contributed by atoms with Gasteiger partial charge in [0, 0.05) is 12.6 Å². The van der Waals surface area contributed by atoms with E-state index in [2.05, 4.69) is 0 Å². The van der Waals surface area contributed by atoms with Gasteiger partial charge in [-0.05, 0) is 0 Å². The third kappa shape index (κ3) is 3.46. The molecule has 0 fully saturated rings. The third-order valence-corrected chi connectivity index (χ3v) is 2.67. The van der Waals surface area contributed by atoms with Gasteiger partial charge in [-0.15, -0.1) is 0 Å². The van der Waals surface area contributed by atoms with Gasteiger partial charge in [0.15, 0.2) is 0 Å². The molecule has 18 heavy (non-hydrogen) atoms. The molecule has 0 aliphatic rings. The molecular weight excluding hydrogens is 266 g/mol. The number of nitro benzene ring substituents is 2. The van der Waals surface area contributed by atoms with E-state index < -0.39 is 31.2 Å². The maximum atomic E-state index is 10.9. The lowest BCUT2D eigenvalue weighted by Crippen LogP contribution is -2.21. The molecule has 0 amide bonds. The van der Waals surface area contributed by atoms with Gasteiger partial charge in [0.1, 0.15) is 0 Å². The predicted molar refractivity (Wildman–Crippen MR) is 61.4 cm³/mol. The minimum absolute atomic E-state index is 0.0698. The van der Waals surface area contributed by atoms with Crippen LogP contribution in [0.15, 0.2) is 18.2 Å². The Labute approximate surface area is 102 Å². The fourth-order valence-corrected chi connectivity index (χ4v) is 1.71. The predicted octanol–water partition coefficient (Wildman–Crippen LogP) is 0.552. The average Bonchev–Trinajstić information content (AvgIpc) is 2.24. The Kier molecular flexibility index (Phi) is 3.93. The summed E-state index contributed by atoms with van der Waals surface area (Å²) in [6.07, 6.45) is 0.885. The molecule has 0 heterocycles. The van der Waals surface area contributed by atoms with E-state index in [1.807, 2.05) is 4.72 Å². The van der Waals surface area contributed by atoms with Crippen molar-refractivity contribution in [3.05, 3.63) is 44.0 Å². The second-order valence-electron chi connectivity index (χ2n) is 3.39. The number of nitro groups is 2. The van der Waals surface area contributed by atoms with E-state index in [1.165, 1.54) is 12.1 Å². The number of para-hydroxylation sites is 1. The van der Waals surface area contributed by atoms with Crippen LogP contribution in [0.3, 0.4) is 0 Å². The largest absolute Gasteiger partial charge is 0.350 e. The van der Waals surface area contributed by atoms with E-state index >= 15 is 0 Å². The van der Waals surface area contributed by atoms with Gasteiger partial charge < -0.3 is 0 Å². The van der Waals surface area contributed by atoms with Crippen LogP contribution in [0.25, 0.3) is 0 Å². The Morgan fingerprint density at radius 2 is 1.83 bits per heavy atom. The van der Waals surface area contributed by atoms with Crippen molar-refractivity contribution in [3.63, 3.8) is 0 Å². The van der Waals surface area contributed by atoms with E-state index in [4.69, 9.17) is 0 Å². The molecule has 9 nitrogen and oxygen atoms in total. The summed E-state index contributed by atoms with van der Waals surface area (Å²) < 4.78 is 23.8. The zero-order valence-electron chi connectivity index (χ0n) is 9.19. The summed E-state index contributed by atoms with van der Waals surface area (Å²) in [6, 6.07) is 3.50. The molecule has 0 atom stereocenters. The normalized spacial score (nSPS) is 11.2. The Hall–Kier alpha value is -2.07. The van der Waals surface area contributed by atoms with Crippen molar-refractivity contribution >= 4 is 21.4 Å². The first-order valence-electron chi connectivity index (χ1n) is 4.57. The summed E-state index contributed by atoms with van der Waals surface area (Å²) in [4.78, 5) is 19.6. The van der Waals surface area contributed by atoms with Crippen LogP contribution in [0.5, 0.6) is 0 Å². The molecule has 0 bridgehead atoms. The van der Waals surface area contributed by atoms with Crippen molar-refractivity contribution in [3.8, 4) is 0 Å². The lowest BCUT2D eigenvalue weighted by molar-refractivity contribution is -0.423. The number of sulfonamides is 1. The average molecular weight is 275 g/mol. The topological polar surface area (TPSA) is 132 Å². The molecule has 0 saturated heterocycles. The van der Waals surface area contributed by atoms with Crippen molar-refractivity contribution in [2.24, 2.45) is 0 Å². The SMILES string of the molecule is CS(=O)(=O)NCc1cccc([N+](=O)[O-])c1[N+](=O)[O-]. The minimum atomic E-state index is -3.54. The highest BCUT2D eigenvalue weighted by Gasteiger charge is 2.27. The van der Waals surface area contributed by atoms with Gasteiger partial charge in [0.05, 0.1) is 21.7 Å². The van der Waals surface area contributed by atoms with Crippen LogP contribution in [-0.2, 0) is 16.6 Å². The van der Waals surface area contributed by atoms with Crippen molar-refractivity contribution in [2.45, 2.75) is 6.54 Å². The second kappa shape index (κ2) is 5.06. The van der Waals surface area contributed by atoms with Crippen LogP contribution in [0.2, 0.25) is 0 Å². The minimum Gasteiger partial charge on any atom is -0.258 e. The summed E-state index contributed by atoms with van der Waals surface area (Å²) in [6.45, 7) is -0.378. The Morgan fingerprint density at radius 1 is 1.22 bits per heavy atom. The fraction of sp³-hybridized carbons (Fsp3) is 0.250. The molecule has 0 unspecified atom stereocenters. The first kappa shape index (κ1) is 14.0. The number of nitrogens with zero attached hydrogens (tertiary/aromatic N) is 2. The highest BCUT2D eigenvalue weighted by molar-refractivity contribution is 7.88. The summed E-state index contributed by atoms with van der Waals surface area (Å²) in [5.74, 6) is 0. The van der Waals surface area contributed by atoms with Crippen molar-refractivity contribution in [2.75, 3.05) is 6.26 Å². The molecule has 0 aliphatic carbocycles. The van der Waals surface area contributed by atoms with E-state index in [-0.39, 0.29) is 12.1 Å². The first-order valence-corrected chi connectivity index (χ1v) is 6.47. The van der Waals surface area contributed by atoms with Crippen molar-refractivity contribution in [1.82, 2.24) is 4.72 Å². The molecule has 1 N–H and O–H groups in total. The second-order valence-corrected chi connectivity index (χ2v) is 5.23. The Balaban J connectivity index is 3.23. The summed E-state index contributed by atoms with van der Waals surface area (Å²) in [5, 5.41) is 21.4. The molecule has 1 aromatic rings. The van der Waals surface area contributed by atoms with Crippen LogP contribution >= 0.6 is 0 Å². The Bertz CT molecular complexity index is 597. The van der Waals surface area contributed by atoms with E-state index in [9.17, 15) is 28.6 Å². The quantitative estimate of drug-likeness (QED) is 0.616. The molecule has 10 heteroatoms. The first-order chi connectivity index (χ1) is 8.22. The monoisotopic (exact) mass is 275 g/mol. The number of hydrogen-bond donors (Lipinski definition) is 1. The lowest BCUT2D eigenvalue weighted by atomic mass is 10.1. The highest BCUT2D eigenvalue weighted by Crippen LogP contribution is 2.30. The standard InChI is InChI=1S/C8H9N3O6S/c1-18(16,17)9-5-6-3-2-4-7(10(12)13)8(6)11(14)15/h2-4,9H,5H2,1H3. The number of benzene rings is 1. The number of nitrogens with one attached hydrogen (secondary N) is 1. The molecule has 0 saturated carbocycles. The summed E-state index contributed by atoms with van der Waals surface area (Å²) in [7, 11) is -3.54. The molecular formula is C8H9N3O6S. The third-order valence-electron chi connectivity index (χ3n) is 2.00. The number of rotatable bonds is 5. The van der Waals surface area contributed by atoms with Crippen molar-refractivity contribution in [1.29, 1.82) is 0 Å². The van der Waals surface area contributed by atoms with Gasteiger partial charge in [-0.1, -0.05) is 12.1 Å². The van der Waals surface area contributed by atoms with Crippen LogP contribution in [0, 0.1) is 20.2 Å².